The molecule has 5 heteroatoms. The molecule has 0 radical (unpaired) electrons. The van der Waals surface area contributed by atoms with Crippen molar-refractivity contribution in [3.63, 3.8) is 0 Å². The van der Waals surface area contributed by atoms with Crippen LogP contribution in [0.25, 0.3) is 11.5 Å². The molecule has 0 fully saturated rings. The Balaban J connectivity index is 2.57. The number of pyridine rings is 1. The lowest BCUT2D eigenvalue weighted by Gasteiger charge is -2.10. The van der Waals surface area contributed by atoms with Crippen LogP contribution >= 0.6 is 27.5 Å². The van der Waals surface area contributed by atoms with E-state index in [1.165, 1.54) is 0 Å². The molecule has 0 atom stereocenters. The third-order valence-corrected chi connectivity index (χ3v) is 3.56. The van der Waals surface area contributed by atoms with Crippen LogP contribution in [0.3, 0.4) is 0 Å². The van der Waals surface area contributed by atoms with Crippen molar-refractivity contribution in [2.24, 2.45) is 0 Å². The lowest BCUT2D eigenvalue weighted by atomic mass is 10.1. The predicted molar refractivity (Wildman–Crippen MR) is 72.1 cm³/mol. The normalized spacial score (nSPS) is 10.9. The lowest BCUT2D eigenvalue weighted by Crippen LogP contribution is -2.01. The summed E-state index contributed by atoms with van der Waals surface area (Å²) in [6.45, 7) is 4.12. The molecule has 0 aliphatic rings. The first-order valence-electron chi connectivity index (χ1n) is 5.24. The van der Waals surface area contributed by atoms with Crippen molar-refractivity contribution in [2.75, 3.05) is 0 Å². The second-order valence-electron chi connectivity index (χ2n) is 3.91. The molecule has 0 aromatic carbocycles. The Bertz CT molecular complexity index is 529. The summed E-state index contributed by atoms with van der Waals surface area (Å²) in [6, 6.07) is 5.62. The molecule has 0 N–H and O–H groups in total. The molecule has 2 aromatic heterocycles. The largest absolute Gasteiger partial charge is 0.253 e. The van der Waals surface area contributed by atoms with Gasteiger partial charge in [-0.25, -0.2) is 9.97 Å². The van der Waals surface area contributed by atoms with E-state index in [0.29, 0.717) is 11.0 Å². The van der Waals surface area contributed by atoms with E-state index >= 15 is 0 Å². The van der Waals surface area contributed by atoms with Gasteiger partial charge in [0.2, 0.25) is 0 Å². The quantitative estimate of drug-likeness (QED) is 0.784. The fourth-order valence-electron chi connectivity index (χ4n) is 1.43. The molecule has 0 aliphatic carbocycles. The third kappa shape index (κ3) is 2.64. The van der Waals surface area contributed by atoms with Gasteiger partial charge in [0.15, 0.2) is 5.82 Å². The molecular formula is C12H11BrClN3. The molecule has 0 spiro atoms. The summed E-state index contributed by atoms with van der Waals surface area (Å²) in [5.74, 6) is 0.829. The number of hydrogen-bond donors (Lipinski definition) is 0. The van der Waals surface area contributed by atoms with Crippen molar-refractivity contribution in [3.05, 3.63) is 39.7 Å². The molecule has 0 unspecified atom stereocenters. The fraction of sp³-hybridized carbons (Fsp3) is 0.250. The Morgan fingerprint density at radius 1 is 1.24 bits per heavy atom. The van der Waals surface area contributed by atoms with Crippen molar-refractivity contribution in [2.45, 2.75) is 19.8 Å². The van der Waals surface area contributed by atoms with Crippen LogP contribution in [0.1, 0.15) is 25.5 Å². The van der Waals surface area contributed by atoms with Gasteiger partial charge < -0.3 is 0 Å². The van der Waals surface area contributed by atoms with Gasteiger partial charge in [-0.15, -0.1) is 0 Å². The van der Waals surface area contributed by atoms with E-state index in [1.807, 2.05) is 18.2 Å². The second kappa shape index (κ2) is 5.10. The van der Waals surface area contributed by atoms with Gasteiger partial charge in [-0.1, -0.05) is 31.5 Å². The zero-order valence-electron chi connectivity index (χ0n) is 9.48. The molecule has 2 heterocycles. The summed E-state index contributed by atoms with van der Waals surface area (Å²) in [6.07, 6.45) is 1.71. The van der Waals surface area contributed by atoms with Gasteiger partial charge in [0.1, 0.15) is 10.8 Å². The van der Waals surface area contributed by atoms with Crippen LogP contribution < -0.4 is 0 Å². The summed E-state index contributed by atoms with van der Waals surface area (Å²) in [5, 5.41) is 0.421. The zero-order chi connectivity index (χ0) is 12.4. The second-order valence-corrected chi connectivity index (χ2v) is 5.06. The van der Waals surface area contributed by atoms with Crippen LogP contribution in [-0.2, 0) is 0 Å². The molecule has 2 rings (SSSR count). The highest BCUT2D eigenvalue weighted by molar-refractivity contribution is 9.10. The molecule has 0 saturated heterocycles. The number of aromatic nitrogens is 3. The fourth-order valence-corrected chi connectivity index (χ4v) is 2.24. The Hall–Kier alpha value is -1.00. The zero-order valence-corrected chi connectivity index (χ0v) is 11.8. The van der Waals surface area contributed by atoms with Gasteiger partial charge in [0.05, 0.1) is 10.2 Å². The molecule has 3 nitrogen and oxygen atoms in total. The molecule has 0 saturated carbocycles. The Morgan fingerprint density at radius 3 is 2.59 bits per heavy atom. The first-order valence-corrected chi connectivity index (χ1v) is 6.41. The van der Waals surface area contributed by atoms with Gasteiger partial charge >= 0.3 is 0 Å². The first kappa shape index (κ1) is 12.5. The monoisotopic (exact) mass is 311 g/mol. The van der Waals surface area contributed by atoms with Gasteiger partial charge in [-0.3, -0.25) is 4.98 Å². The van der Waals surface area contributed by atoms with Crippen LogP contribution in [0.2, 0.25) is 5.15 Å². The number of hydrogen-bond acceptors (Lipinski definition) is 3. The van der Waals surface area contributed by atoms with Gasteiger partial charge in [-0.2, -0.15) is 0 Å². The molecule has 17 heavy (non-hydrogen) atoms. The van der Waals surface area contributed by atoms with E-state index in [-0.39, 0.29) is 5.92 Å². The highest BCUT2D eigenvalue weighted by atomic mass is 79.9. The van der Waals surface area contributed by atoms with Crippen LogP contribution in [0.15, 0.2) is 28.9 Å². The van der Waals surface area contributed by atoms with Crippen LogP contribution in [0.5, 0.6) is 0 Å². The number of halogens is 2. The van der Waals surface area contributed by atoms with Crippen molar-refractivity contribution in [1.29, 1.82) is 0 Å². The Labute approximate surface area is 113 Å². The Morgan fingerprint density at radius 2 is 2.00 bits per heavy atom. The summed E-state index contributed by atoms with van der Waals surface area (Å²) in [5.41, 5.74) is 1.62. The summed E-state index contributed by atoms with van der Waals surface area (Å²) in [4.78, 5) is 13.0. The minimum Gasteiger partial charge on any atom is -0.253 e. The predicted octanol–water partition coefficient (Wildman–Crippen LogP) is 4.08. The van der Waals surface area contributed by atoms with Gasteiger partial charge in [0.25, 0.3) is 0 Å². The highest BCUT2D eigenvalue weighted by Gasteiger charge is 2.14. The van der Waals surface area contributed by atoms with Gasteiger partial charge in [0, 0.05) is 6.20 Å². The smallest absolute Gasteiger partial charge is 0.179 e. The summed E-state index contributed by atoms with van der Waals surface area (Å²) >= 11 is 9.50. The maximum atomic E-state index is 6.09. The first-order chi connectivity index (χ1) is 8.09. The van der Waals surface area contributed by atoms with E-state index in [1.54, 1.807) is 6.20 Å². The molecule has 0 amide bonds. The van der Waals surface area contributed by atoms with E-state index in [9.17, 15) is 0 Å². The maximum Gasteiger partial charge on any atom is 0.179 e. The van der Waals surface area contributed by atoms with Crippen molar-refractivity contribution < 1.29 is 0 Å². The maximum absolute atomic E-state index is 6.09. The molecule has 0 aliphatic heterocycles. The minimum atomic E-state index is 0.271. The van der Waals surface area contributed by atoms with Crippen molar-refractivity contribution in [1.82, 2.24) is 15.0 Å². The van der Waals surface area contributed by atoms with E-state index in [4.69, 9.17) is 11.6 Å². The van der Waals surface area contributed by atoms with Crippen molar-refractivity contribution in [3.8, 4) is 11.5 Å². The van der Waals surface area contributed by atoms with Crippen molar-refractivity contribution >= 4 is 27.5 Å². The van der Waals surface area contributed by atoms with Crippen LogP contribution in [0.4, 0.5) is 0 Å². The summed E-state index contributed by atoms with van der Waals surface area (Å²) < 4.78 is 0.758. The molecule has 0 bridgehead atoms. The SMILES string of the molecule is CC(C)c1nc(-c2ccccn2)nc(Cl)c1Br. The Kier molecular flexibility index (Phi) is 3.74. The average Bonchev–Trinajstić information content (AvgIpc) is 2.33. The summed E-state index contributed by atoms with van der Waals surface area (Å²) in [7, 11) is 0. The van der Waals surface area contributed by atoms with Gasteiger partial charge in [-0.05, 0) is 34.0 Å². The number of nitrogens with zero attached hydrogens (tertiary/aromatic N) is 3. The highest BCUT2D eigenvalue weighted by Crippen LogP contribution is 2.30. The topological polar surface area (TPSA) is 38.7 Å². The molecule has 2 aromatic rings. The standard InChI is InChI=1S/C12H11BrClN3/c1-7(2)10-9(13)11(14)17-12(16-10)8-5-3-4-6-15-8/h3-7H,1-2H3. The average molecular weight is 313 g/mol. The minimum absolute atomic E-state index is 0.271. The molecular weight excluding hydrogens is 302 g/mol. The number of rotatable bonds is 2. The van der Waals surface area contributed by atoms with E-state index in [2.05, 4.69) is 44.7 Å². The van der Waals surface area contributed by atoms with Crippen LogP contribution in [-0.4, -0.2) is 15.0 Å². The van der Waals surface area contributed by atoms with E-state index in [0.717, 1.165) is 15.9 Å². The van der Waals surface area contributed by atoms with Crippen LogP contribution in [0, 0.1) is 0 Å². The molecule has 88 valence electrons. The lowest BCUT2D eigenvalue weighted by molar-refractivity contribution is 0.808. The van der Waals surface area contributed by atoms with E-state index < -0.39 is 0 Å². The third-order valence-electron chi connectivity index (χ3n) is 2.28.